The molecule has 0 aliphatic carbocycles. The molecule has 22 heavy (non-hydrogen) atoms. The molecule has 1 aromatic heterocycles. The van der Waals surface area contributed by atoms with Gasteiger partial charge in [-0.1, -0.05) is 23.2 Å². The molecule has 0 saturated carbocycles. The van der Waals surface area contributed by atoms with Crippen LogP contribution in [0.15, 0.2) is 28.8 Å². The standard InChI is InChI=1S/C15H16Cl2N2O3/c1-21-7-6-18-14(20)4-5-15-19-9-13(22-15)11-3-2-10(16)8-12(11)17/h2-3,8-9H,4-7H2,1H3,(H,18,20). The highest BCUT2D eigenvalue weighted by atomic mass is 35.5. The lowest BCUT2D eigenvalue weighted by molar-refractivity contribution is -0.121. The molecule has 2 aromatic rings. The molecule has 1 amide bonds. The van der Waals surface area contributed by atoms with E-state index in [9.17, 15) is 4.79 Å². The van der Waals surface area contributed by atoms with E-state index < -0.39 is 0 Å². The van der Waals surface area contributed by atoms with Gasteiger partial charge >= 0.3 is 0 Å². The highest BCUT2D eigenvalue weighted by Gasteiger charge is 2.11. The number of carbonyl (C=O) groups is 1. The number of rotatable bonds is 7. The van der Waals surface area contributed by atoms with Gasteiger partial charge in [-0.2, -0.15) is 0 Å². The average Bonchev–Trinajstić information content (AvgIpc) is 2.94. The first-order chi connectivity index (χ1) is 10.6. The molecule has 5 nitrogen and oxygen atoms in total. The maximum absolute atomic E-state index is 11.6. The summed E-state index contributed by atoms with van der Waals surface area (Å²) >= 11 is 12.0. The fourth-order valence-corrected chi connectivity index (χ4v) is 2.34. The molecule has 0 atom stereocenters. The molecule has 7 heteroatoms. The summed E-state index contributed by atoms with van der Waals surface area (Å²) in [5.41, 5.74) is 0.717. The number of methoxy groups -OCH3 is 1. The Morgan fingerprint density at radius 2 is 2.23 bits per heavy atom. The largest absolute Gasteiger partial charge is 0.441 e. The predicted octanol–water partition coefficient (Wildman–Crippen LogP) is 3.34. The summed E-state index contributed by atoms with van der Waals surface area (Å²) < 4.78 is 10.5. The van der Waals surface area contributed by atoms with E-state index >= 15 is 0 Å². The summed E-state index contributed by atoms with van der Waals surface area (Å²) in [6.07, 6.45) is 2.31. The molecule has 0 saturated heterocycles. The van der Waals surface area contributed by atoms with Crippen molar-refractivity contribution in [3.8, 4) is 11.3 Å². The summed E-state index contributed by atoms with van der Waals surface area (Å²) in [7, 11) is 1.59. The van der Waals surface area contributed by atoms with Crippen LogP contribution in [0.25, 0.3) is 11.3 Å². The lowest BCUT2D eigenvalue weighted by Gasteiger charge is -2.03. The summed E-state index contributed by atoms with van der Waals surface area (Å²) in [6, 6.07) is 5.14. The monoisotopic (exact) mass is 342 g/mol. The van der Waals surface area contributed by atoms with Gasteiger partial charge in [0.05, 0.1) is 17.8 Å². The Hall–Kier alpha value is -1.56. The molecule has 0 spiro atoms. The first-order valence-corrected chi connectivity index (χ1v) is 7.51. The Labute approximate surface area is 138 Å². The van der Waals surface area contributed by atoms with E-state index in [1.807, 2.05) is 0 Å². The van der Waals surface area contributed by atoms with Crippen LogP contribution < -0.4 is 5.32 Å². The minimum Gasteiger partial charge on any atom is -0.441 e. The number of ether oxygens (including phenoxy) is 1. The normalized spacial score (nSPS) is 10.7. The van der Waals surface area contributed by atoms with Gasteiger partial charge in [0, 0.05) is 37.1 Å². The van der Waals surface area contributed by atoms with E-state index in [0.29, 0.717) is 47.7 Å². The maximum atomic E-state index is 11.6. The zero-order chi connectivity index (χ0) is 15.9. The molecule has 1 aromatic carbocycles. The van der Waals surface area contributed by atoms with Crippen molar-refractivity contribution in [3.63, 3.8) is 0 Å². The fraction of sp³-hybridized carbons (Fsp3) is 0.333. The third-order valence-electron chi connectivity index (χ3n) is 2.94. The molecule has 2 rings (SSSR count). The van der Waals surface area contributed by atoms with Gasteiger partial charge in [0.25, 0.3) is 0 Å². The molecule has 0 aliphatic heterocycles. The van der Waals surface area contributed by atoms with Crippen LogP contribution in [0, 0.1) is 0 Å². The molecule has 0 fully saturated rings. The van der Waals surface area contributed by atoms with E-state index in [-0.39, 0.29) is 5.91 Å². The predicted molar refractivity (Wildman–Crippen MR) is 85.2 cm³/mol. The van der Waals surface area contributed by atoms with Gasteiger partial charge in [-0.3, -0.25) is 4.79 Å². The minimum absolute atomic E-state index is 0.0682. The Balaban J connectivity index is 1.93. The summed E-state index contributed by atoms with van der Waals surface area (Å²) in [5.74, 6) is 0.973. The number of carbonyl (C=O) groups excluding carboxylic acids is 1. The highest BCUT2D eigenvalue weighted by Crippen LogP contribution is 2.30. The summed E-state index contributed by atoms with van der Waals surface area (Å²) in [5, 5.41) is 3.79. The molecule has 1 N–H and O–H groups in total. The second-order valence-electron chi connectivity index (χ2n) is 4.59. The molecule has 0 radical (unpaired) electrons. The van der Waals surface area contributed by atoms with E-state index in [4.69, 9.17) is 32.4 Å². The van der Waals surface area contributed by atoms with Gasteiger partial charge in [0.2, 0.25) is 5.91 Å². The molecule has 118 valence electrons. The summed E-state index contributed by atoms with van der Waals surface area (Å²) in [4.78, 5) is 15.7. The molecule has 0 unspecified atom stereocenters. The molecule has 0 aliphatic rings. The van der Waals surface area contributed by atoms with Gasteiger partial charge < -0.3 is 14.5 Å². The van der Waals surface area contributed by atoms with Crippen LogP contribution in [0.5, 0.6) is 0 Å². The van der Waals surface area contributed by atoms with Crippen molar-refractivity contribution in [2.75, 3.05) is 20.3 Å². The smallest absolute Gasteiger partial charge is 0.220 e. The second kappa shape index (κ2) is 8.17. The van der Waals surface area contributed by atoms with Gasteiger partial charge in [0.1, 0.15) is 0 Å². The maximum Gasteiger partial charge on any atom is 0.220 e. The molecule has 0 bridgehead atoms. The first-order valence-electron chi connectivity index (χ1n) is 6.76. The number of hydrogen-bond donors (Lipinski definition) is 1. The van der Waals surface area contributed by atoms with Crippen molar-refractivity contribution in [2.45, 2.75) is 12.8 Å². The molecule has 1 heterocycles. The Morgan fingerprint density at radius 1 is 1.41 bits per heavy atom. The third kappa shape index (κ3) is 4.73. The number of halogens is 2. The zero-order valence-corrected chi connectivity index (χ0v) is 13.6. The van der Waals surface area contributed by atoms with Gasteiger partial charge in [-0.05, 0) is 18.2 Å². The Kier molecular flexibility index (Phi) is 6.24. The number of amides is 1. The zero-order valence-electron chi connectivity index (χ0n) is 12.1. The van der Waals surface area contributed by atoms with Crippen molar-refractivity contribution in [1.29, 1.82) is 0 Å². The van der Waals surface area contributed by atoms with Crippen LogP contribution in [0.4, 0.5) is 0 Å². The van der Waals surface area contributed by atoms with Gasteiger partial charge in [0.15, 0.2) is 11.7 Å². The van der Waals surface area contributed by atoms with Crippen molar-refractivity contribution in [1.82, 2.24) is 10.3 Å². The second-order valence-corrected chi connectivity index (χ2v) is 5.43. The SMILES string of the molecule is COCCNC(=O)CCc1ncc(-c2ccc(Cl)cc2Cl)o1. The quantitative estimate of drug-likeness (QED) is 0.783. The fourth-order valence-electron chi connectivity index (χ4n) is 1.84. The van der Waals surface area contributed by atoms with Crippen molar-refractivity contribution in [3.05, 3.63) is 40.3 Å². The van der Waals surface area contributed by atoms with Crippen LogP contribution in [0.1, 0.15) is 12.3 Å². The van der Waals surface area contributed by atoms with E-state index in [1.165, 1.54) is 0 Å². The number of nitrogens with zero attached hydrogens (tertiary/aromatic N) is 1. The van der Waals surface area contributed by atoms with E-state index in [0.717, 1.165) is 5.56 Å². The lowest BCUT2D eigenvalue weighted by Crippen LogP contribution is -2.27. The van der Waals surface area contributed by atoms with Crippen LogP contribution >= 0.6 is 23.2 Å². The van der Waals surface area contributed by atoms with Crippen molar-refractivity contribution in [2.24, 2.45) is 0 Å². The van der Waals surface area contributed by atoms with Crippen LogP contribution in [-0.2, 0) is 16.0 Å². The number of aromatic nitrogens is 1. The van der Waals surface area contributed by atoms with Gasteiger partial charge in [-0.25, -0.2) is 4.98 Å². The van der Waals surface area contributed by atoms with Crippen LogP contribution in [-0.4, -0.2) is 31.2 Å². The third-order valence-corrected chi connectivity index (χ3v) is 3.49. The topological polar surface area (TPSA) is 64.4 Å². The molecular formula is C15H16Cl2N2O3. The Bertz CT molecular complexity index is 643. The minimum atomic E-state index is -0.0682. The van der Waals surface area contributed by atoms with Gasteiger partial charge in [-0.15, -0.1) is 0 Å². The average molecular weight is 343 g/mol. The summed E-state index contributed by atoms with van der Waals surface area (Å²) in [6.45, 7) is 0.983. The molecular weight excluding hydrogens is 327 g/mol. The number of nitrogens with one attached hydrogen (secondary N) is 1. The number of oxazole rings is 1. The highest BCUT2D eigenvalue weighted by molar-refractivity contribution is 6.36. The first kappa shape index (κ1) is 16.8. The van der Waals surface area contributed by atoms with Crippen molar-refractivity contribution >= 4 is 29.1 Å². The lowest BCUT2D eigenvalue weighted by atomic mass is 10.2. The van der Waals surface area contributed by atoms with E-state index in [1.54, 1.807) is 31.5 Å². The number of hydrogen-bond acceptors (Lipinski definition) is 4. The Morgan fingerprint density at radius 3 is 2.95 bits per heavy atom. The number of aryl methyl sites for hydroxylation is 1. The van der Waals surface area contributed by atoms with E-state index in [2.05, 4.69) is 10.3 Å². The van der Waals surface area contributed by atoms with Crippen LogP contribution in [0.2, 0.25) is 10.0 Å². The number of benzene rings is 1. The van der Waals surface area contributed by atoms with Crippen LogP contribution in [0.3, 0.4) is 0 Å². The van der Waals surface area contributed by atoms with Crippen molar-refractivity contribution < 1.29 is 13.9 Å².